The summed E-state index contributed by atoms with van der Waals surface area (Å²) in [6, 6.07) is 3.86. The van der Waals surface area contributed by atoms with E-state index < -0.39 is 5.97 Å². The van der Waals surface area contributed by atoms with Crippen molar-refractivity contribution < 1.29 is 19.7 Å². The van der Waals surface area contributed by atoms with Crippen LogP contribution in [-0.2, 0) is 22.5 Å². The molecular weight excluding hydrogens is 286 g/mol. The zero-order valence-electron chi connectivity index (χ0n) is 12.7. The van der Waals surface area contributed by atoms with Gasteiger partial charge in [-0.1, -0.05) is 11.3 Å². The zero-order valence-corrected chi connectivity index (χ0v) is 12.7. The van der Waals surface area contributed by atoms with Crippen molar-refractivity contribution in [1.29, 1.82) is 0 Å². The molecule has 2 N–H and O–H groups in total. The van der Waals surface area contributed by atoms with Crippen LogP contribution >= 0.6 is 0 Å². The normalized spacial score (nSPS) is 11.2. The van der Waals surface area contributed by atoms with E-state index >= 15 is 0 Å². The Kier molecular flexibility index (Phi) is 5.85. The van der Waals surface area contributed by atoms with Crippen molar-refractivity contribution >= 4 is 17.0 Å². The van der Waals surface area contributed by atoms with Crippen molar-refractivity contribution in [1.82, 2.24) is 15.0 Å². The van der Waals surface area contributed by atoms with Crippen LogP contribution in [0.5, 0.6) is 0 Å². The van der Waals surface area contributed by atoms with Crippen LogP contribution in [0.1, 0.15) is 24.0 Å². The number of ether oxygens (including phenoxy) is 1. The number of aryl methyl sites for hydroxylation is 2. The second-order valence-electron chi connectivity index (χ2n) is 5.11. The fraction of sp³-hybridized carbons (Fsp3) is 0.533. The number of carboxylic acids is 1. The molecule has 1 heterocycles. The number of hydrogen-bond acceptors (Lipinski definition) is 5. The second kappa shape index (κ2) is 7.86. The molecular formula is C15H21N3O4. The minimum Gasteiger partial charge on any atom is -0.481 e. The Bertz CT molecular complexity index is 639. The first-order valence-electron chi connectivity index (χ1n) is 7.35. The summed E-state index contributed by atoms with van der Waals surface area (Å²) in [6.07, 6.45) is 1.23. The van der Waals surface area contributed by atoms with Crippen molar-refractivity contribution in [2.75, 3.05) is 19.8 Å². The molecule has 7 heteroatoms. The van der Waals surface area contributed by atoms with E-state index in [9.17, 15) is 4.79 Å². The molecule has 0 aliphatic heterocycles. The number of aliphatic hydroxyl groups excluding tert-OH is 1. The number of rotatable bonds is 9. The molecule has 0 atom stereocenters. The van der Waals surface area contributed by atoms with Gasteiger partial charge in [-0.2, -0.15) is 0 Å². The Morgan fingerprint density at radius 1 is 1.36 bits per heavy atom. The third-order valence-corrected chi connectivity index (χ3v) is 3.56. The van der Waals surface area contributed by atoms with Crippen molar-refractivity contribution in [2.24, 2.45) is 0 Å². The minimum absolute atomic E-state index is 0.110. The molecule has 2 rings (SSSR count). The Morgan fingerprint density at radius 2 is 2.18 bits per heavy atom. The van der Waals surface area contributed by atoms with E-state index in [1.54, 1.807) is 4.68 Å². The van der Waals surface area contributed by atoms with Gasteiger partial charge in [-0.05, 0) is 37.0 Å². The smallest absolute Gasteiger partial charge is 0.303 e. The van der Waals surface area contributed by atoms with Crippen molar-refractivity contribution in [3.8, 4) is 0 Å². The molecule has 0 unspecified atom stereocenters. The van der Waals surface area contributed by atoms with Crippen molar-refractivity contribution in [3.05, 3.63) is 23.3 Å². The lowest BCUT2D eigenvalue weighted by Gasteiger charge is -2.07. The second-order valence-corrected chi connectivity index (χ2v) is 5.11. The quantitative estimate of drug-likeness (QED) is 0.675. The van der Waals surface area contributed by atoms with Gasteiger partial charge in [0.05, 0.1) is 18.7 Å². The molecule has 0 amide bonds. The molecule has 0 spiro atoms. The van der Waals surface area contributed by atoms with E-state index in [-0.39, 0.29) is 13.0 Å². The molecule has 7 nitrogen and oxygen atoms in total. The topological polar surface area (TPSA) is 97.5 Å². The molecule has 22 heavy (non-hydrogen) atoms. The summed E-state index contributed by atoms with van der Waals surface area (Å²) in [5.74, 6) is -0.803. The van der Waals surface area contributed by atoms with Crippen LogP contribution in [-0.4, -0.2) is 51.0 Å². The predicted molar refractivity (Wildman–Crippen MR) is 80.7 cm³/mol. The van der Waals surface area contributed by atoms with Crippen LogP contribution in [0.15, 0.2) is 12.1 Å². The van der Waals surface area contributed by atoms with Gasteiger partial charge in [-0.15, -0.1) is 5.10 Å². The molecule has 2 aromatic rings. The van der Waals surface area contributed by atoms with Gasteiger partial charge in [0.2, 0.25) is 0 Å². The van der Waals surface area contributed by atoms with Crippen LogP contribution in [0.25, 0.3) is 11.0 Å². The number of benzene rings is 1. The maximum atomic E-state index is 10.7. The Morgan fingerprint density at radius 3 is 2.91 bits per heavy atom. The van der Waals surface area contributed by atoms with Crippen molar-refractivity contribution in [2.45, 2.75) is 32.7 Å². The van der Waals surface area contributed by atoms with Crippen LogP contribution in [0.4, 0.5) is 0 Å². The van der Waals surface area contributed by atoms with E-state index in [1.807, 2.05) is 19.1 Å². The summed E-state index contributed by atoms with van der Waals surface area (Å²) in [7, 11) is 0. The minimum atomic E-state index is -0.803. The summed E-state index contributed by atoms with van der Waals surface area (Å²) in [4.78, 5) is 10.7. The highest BCUT2D eigenvalue weighted by Gasteiger charge is 2.11. The lowest BCUT2D eigenvalue weighted by molar-refractivity contribution is -0.136. The van der Waals surface area contributed by atoms with Gasteiger partial charge in [0.25, 0.3) is 0 Å². The molecule has 0 aliphatic rings. The monoisotopic (exact) mass is 307 g/mol. The number of hydrogen-bond donors (Lipinski definition) is 2. The summed E-state index contributed by atoms with van der Waals surface area (Å²) < 4.78 is 7.18. The van der Waals surface area contributed by atoms with E-state index in [2.05, 4.69) is 10.3 Å². The number of aliphatic carboxylic acids is 1. The predicted octanol–water partition coefficient (Wildman–Crippen LogP) is 1.16. The Balaban J connectivity index is 2.05. The lowest BCUT2D eigenvalue weighted by Crippen LogP contribution is -2.09. The lowest BCUT2D eigenvalue weighted by atomic mass is 10.0. The highest BCUT2D eigenvalue weighted by Crippen LogP contribution is 2.20. The highest BCUT2D eigenvalue weighted by atomic mass is 16.5. The molecule has 0 radical (unpaired) electrons. The van der Waals surface area contributed by atoms with Gasteiger partial charge in [0, 0.05) is 19.6 Å². The van der Waals surface area contributed by atoms with E-state index in [4.69, 9.17) is 14.9 Å². The van der Waals surface area contributed by atoms with Crippen LogP contribution in [0.3, 0.4) is 0 Å². The first-order chi connectivity index (χ1) is 10.6. The molecule has 0 saturated carbocycles. The van der Waals surface area contributed by atoms with Crippen molar-refractivity contribution in [3.63, 3.8) is 0 Å². The van der Waals surface area contributed by atoms with Gasteiger partial charge < -0.3 is 14.9 Å². The van der Waals surface area contributed by atoms with E-state index in [0.29, 0.717) is 32.6 Å². The van der Waals surface area contributed by atoms with Crippen LogP contribution < -0.4 is 0 Å². The average Bonchev–Trinajstić information content (AvgIpc) is 2.90. The maximum Gasteiger partial charge on any atom is 0.303 e. The Labute approximate surface area is 128 Å². The molecule has 0 aliphatic carbocycles. The number of aromatic nitrogens is 3. The SMILES string of the molecule is Cc1c(CCC(=O)O)ccc2c1nnn2CCOCCCO. The standard InChI is InChI=1S/C15H21N3O4/c1-11-12(4-6-14(20)21)3-5-13-15(11)16-17-18(13)7-10-22-9-2-8-19/h3,5,19H,2,4,6-10H2,1H3,(H,20,21). The zero-order chi connectivity index (χ0) is 15.9. The molecule has 0 saturated heterocycles. The summed E-state index contributed by atoms with van der Waals surface area (Å²) in [5.41, 5.74) is 3.69. The fourth-order valence-electron chi connectivity index (χ4n) is 2.31. The molecule has 120 valence electrons. The number of nitrogens with zero attached hydrogens (tertiary/aromatic N) is 3. The van der Waals surface area contributed by atoms with E-state index in [0.717, 1.165) is 22.2 Å². The van der Waals surface area contributed by atoms with E-state index in [1.165, 1.54) is 0 Å². The van der Waals surface area contributed by atoms with Gasteiger partial charge in [0.1, 0.15) is 5.52 Å². The van der Waals surface area contributed by atoms with Crippen LogP contribution in [0.2, 0.25) is 0 Å². The number of carboxylic acid groups (broad SMARTS) is 1. The maximum absolute atomic E-state index is 10.7. The average molecular weight is 307 g/mol. The third-order valence-electron chi connectivity index (χ3n) is 3.56. The summed E-state index contributed by atoms with van der Waals surface area (Å²) in [5, 5.41) is 25.8. The first-order valence-corrected chi connectivity index (χ1v) is 7.35. The third kappa shape index (κ3) is 4.02. The number of carbonyl (C=O) groups is 1. The number of aliphatic hydroxyl groups is 1. The number of fused-ring (bicyclic) bond motifs is 1. The van der Waals surface area contributed by atoms with Gasteiger partial charge in [0.15, 0.2) is 0 Å². The Hall–Kier alpha value is -1.99. The molecule has 1 aromatic heterocycles. The van der Waals surface area contributed by atoms with Gasteiger partial charge in [-0.25, -0.2) is 4.68 Å². The first kappa shape index (κ1) is 16.4. The highest BCUT2D eigenvalue weighted by molar-refractivity contribution is 5.79. The summed E-state index contributed by atoms with van der Waals surface area (Å²) in [6.45, 7) is 3.70. The fourth-order valence-corrected chi connectivity index (χ4v) is 2.31. The summed E-state index contributed by atoms with van der Waals surface area (Å²) >= 11 is 0. The molecule has 1 aromatic carbocycles. The molecule has 0 bridgehead atoms. The van der Waals surface area contributed by atoms with Gasteiger partial charge in [-0.3, -0.25) is 4.79 Å². The van der Waals surface area contributed by atoms with Gasteiger partial charge >= 0.3 is 5.97 Å². The van der Waals surface area contributed by atoms with Crippen LogP contribution in [0, 0.1) is 6.92 Å². The largest absolute Gasteiger partial charge is 0.481 e. The molecule has 0 fully saturated rings.